The summed E-state index contributed by atoms with van der Waals surface area (Å²) in [6.07, 6.45) is 5.25. The molecule has 0 aromatic carbocycles. The number of hydrogen-bond acceptors (Lipinski definition) is 3. The summed E-state index contributed by atoms with van der Waals surface area (Å²) in [6.45, 7) is 7.75. The van der Waals surface area contributed by atoms with Crippen molar-refractivity contribution in [3.63, 3.8) is 0 Å². The van der Waals surface area contributed by atoms with Gasteiger partial charge in [-0.25, -0.2) is 4.39 Å². The number of nitrogens with zero attached hydrogens (tertiary/aromatic N) is 1. The van der Waals surface area contributed by atoms with Crippen LogP contribution >= 0.6 is 0 Å². The third-order valence-electron chi connectivity index (χ3n) is 3.09. The molecule has 0 saturated heterocycles. The minimum absolute atomic E-state index is 0.210. The van der Waals surface area contributed by atoms with Crippen molar-refractivity contribution in [3.8, 4) is 0 Å². The Kier molecular flexibility index (Phi) is 11.2. The van der Waals surface area contributed by atoms with Crippen LogP contribution in [0.4, 0.5) is 4.39 Å². The Morgan fingerprint density at radius 2 is 1.71 bits per heavy atom. The van der Waals surface area contributed by atoms with Crippen molar-refractivity contribution in [2.75, 3.05) is 20.2 Å². The van der Waals surface area contributed by atoms with Gasteiger partial charge in [0.1, 0.15) is 0 Å². The van der Waals surface area contributed by atoms with Crippen LogP contribution in [0.25, 0.3) is 0 Å². The lowest BCUT2D eigenvalue weighted by Crippen LogP contribution is -2.37. The van der Waals surface area contributed by atoms with E-state index in [0.717, 1.165) is 19.3 Å². The normalized spacial score (nSPS) is 11.5. The fraction of sp³-hybridized carbons (Fsp3) is 0.625. The molecular weight excluding hydrogens is 273 g/mol. The second-order valence-corrected chi connectivity index (χ2v) is 4.82. The predicted molar refractivity (Wildman–Crippen MR) is 81.6 cm³/mol. The Morgan fingerprint density at radius 3 is 2.24 bits per heavy atom. The van der Waals surface area contributed by atoms with E-state index in [2.05, 4.69) is 17.9 Å². The molecule has 1 amide bonds. The summed E-state index contributed by atoms with van der Waals surface area (Å²) in [6, 6.07) is 0. The van der Waals surface area contributed by atoms with Crippen LogP contribution in [0.3, 0.4) is 0 Å². The predicted octanol–water partition coefficient (Wildman–Crippen LogP) is 3.04. The Balaban J connectivity index is 3.88. The maximum Gasteiger partial charge on any atom is 0.305 e. The molecule has 21 heavy (non-hydrogen) atoms. The zero-order chi connectivity index (χ0) is 16.1. The number of carbonyl (C=O) groups is 2. The van der Waals surface area contributed by atoms with Gasteiger partial charge in [0.15, 0.2) is 6.17 Å². The third-order valence-corrected chi connectivity index (χ3v) is 3.09. The Morgan fingerprint density at radius 1 is 1.14 bits per heavy atom. The molecule has 0 spiro atoms. The van der Waals surface area contributed by atoms with E-state index in [-0.39, 0.29) is 12.4 Å². The summed E-state index contributed by atoms with van der Waals surface area (Å²) >= 11 is 0. The number of unbranched alkanes of at least 4 members (excludes halogenated alkanes) is 3. The van der Waals surface area contributed by atoms with Crippen LogP contribution in [0.1, 0.15) is 38.5 Å². The van der Waals surface area contributed by atoms with E-state index in [1.165, 1.54) is 12.0 Å². The van der Waals surface area contributed by atoms with Gasteiger partial charge in [-0.1, -0.05) is 31.4 Å². The number of hydrogen-bond donors (Lipinski definition) is 0. The minimum Gasteiger partial charge on any atom is -0.469 e. The molecule has 120 valence electrons. The van der Waals surface area contributed by atoms with Crippen LogP contribution in [0, 0.1) is 0 Å². The van der Waals surface area contributed by atoms with Gasteiger partial charge in [-0.2, -0.15) is 0 Å². The molecule has 0 heterocycles. The van der Waals surface area contributed by atoms with Crippen molar-refractivity contribution in [1.82, 2.24) is 4.90 Å². The van der Waals surface area contributed by atoms with E-state index >= 15 is 0 Å². The fourth-order valence-corrected chi connectivity index (χ4v) is 1.94. The molecule has 0 aromatic rings. The fourth-order valence-electron chi connectivity index (χ4n) is 1.94. The van der Waals surface area contributed by atoms with Gasteiger partial charge in [0.25, 0.3) is 5.91 Å². The average Bonchev–Trinajstić information content (AvgIpc) is 2.49. The van der Waals surface area contributed by atoms with Crippen LogP contribution in [-0.2, 0) is 14.3 Å². The standard InChI is InChI=1S/C16H26FNO3/c1-4-12-18(13-5-2)16(20)14(17)10-8-6-7-9-11-15(19)21-3/h4-5,14H,1-2,6-13H2,3H3. The van der Waals surface area contributed by atoms with E-state index in [4.69, 9.17) is 0 Å². The highest BCUT2D eigenvalue weighted by Gasteiger charge is 2.21. The van der Waals surface area contributed by atoms with Crippen molar-refractivity contribution in [2.24, 2.45) is 0 Å². The number of alkyl halides is 1. The van der Waals surface area contributed by atoms with Gasteiger partial charge in [0.2, 0.25) is 0 Å². The summed E-state index contributed by atoms with van der Waals surface area (Å²) in [4.78, 5) is 24.1. The molecule has 0 fully saturated rings. The first-order chi connectivity index (χ1) is 10.1. The molecule has 0 aliphatic carbocycles. The summed E-state index contributed by atoms with van der Waals surface area (Å²) in [5.41, 5.74) is 0. The molecular formula is C16H26FNO3. The molecule has 1 unspecified atom stereocenters. The molecule has 1 atom stereocenters. The van der Waals surface area contributed by atoms with Gasteiger partial charge in [0.05, 0.1) is 7.11 Å². The van der Waals surface area contributed by atoms with Crippen LogP contribution in [0.5, 0.6) is 0 Å². The van der Waals surface area contributed by atoms with Crippen molar-refractivity contribution >= 4 is 11.9 Å². The zero-order valence-electron chi connectivity index (χ0n) is 12.9. The van der Waals surface area contributed by atoms with Crippen LogP contribution in [0.15, 0.2) is 25.3 Å². The van der Waals surface area contributed by atoms with Crippen LogP contribution in [-0.4, -0.2) is 43.1 Å². The topological polar surface area (TPSA) is 46.6 Å². The van der Waals surface area contributed by atoms with Crippen LogP contribution in [0.2, 0.25) is 0 Å². The Labute approximate surface area is 126 Å². The highest BCUT2D eigenvalue weighted by atomic mass is 19.1. The number of halogens is 1. The summed E-state index contributed by atoms with van der Waals surface area (Å²) in [5, 5.41) is 0. The third kappa shape index (κ3) is 9.00. The number of esters is 1. The molecule has 0 aliphatic heterocycles. The molecule has 0 aromatic heterocycles. The Hall–Kier alpha value is -1.65. The van der Waals surface area contributed by atoms with Gasteiger partial charge >= 0.3 is 5.97 Å². The summed E-state index contributed by atoms with van der Waals surface area (Å²) < 4.78 is 18.4. The largest absolute Gasteiger partial charge is 0.469 e. The molecule has 0 radical (unpaired) electrons. The highest BCUT2D eigenvalue weighted by molar-refractivity contribution is 5.81. The average molecular weight is 299 g/mol. The quantitative estimate of drug-likeness (QED) is 0.316. The first-order valence-corrected chi connectivity index (χ1v) is 7.28. The molecule has 4 nitrogen and oxygen atoms in total. The van der Waals surface area contributed by atoms with E-state index in [0.29, 0.717) is 25.9 Å². The lowest BCUT2D eigenvalue weighted by molar-refractivity contribution is -0.140. The minimum atomic E-state index is -1.48. The first kappa shape index (κ1) is 19.4. The van der Waals surface area contributed by atoms with Gasteiger partial charge in [-0.3, -0.25) is 9.59 Å². The van der Waals surface area contributed by atoms with Crippen molar-refractivity contribution < 1.29 is 18.7 Å². The SMILES string of the molecule is C=CCN(CC=C)C(=O)C(F)CCCCCCC(=O)OC. The lowest BCUT2D eigenvalue weighted by Gasteiger charge is -2.21. The van der Waals surface area contributed by atoms with E-state index in [9.17, 15) is 14.0 Å². The zero-order valence-corrected chi connectivity index (χ0v) is 12.9. The smallest absolute Gasteiger partial charge is 0.305 e. The summed E-state index contributed by atoms with van der Waals surface area (Å²) in [5.74, 6) is -0.734. The summed E-state index contributed by atoms with van der Waals surface area (Å²) in [7, 11) is 1.36. The number of carbonyl (C=O) groups excluding carboxylic acids is 2. The molecule has 0 saturated carbocycles. The molecule has 0 rings (SSSR count). The molecule has 5 heteroatoms. The number of rotatable bonds is 12. The number of ether oxygens (including phenoxy) is 1. The van der Waals surface area contributed by atoms with Gasteiger partial charge < -0.3 is 9.64 Å². The maximum atomic E-state index is 13.9. The van der Waals surface area contributed by atoms with E-state index in [1.807, 2.05) is 0 Å². The second kappa shape index (κ2) is 12.1. The molecule has 0 aliphatic rings. The van der Waals surface area contributed by atoms with Gasteiger partial charge in [-0.05, 0) is 12.8 Å². The Bertz CT molecular complexity index is 334. The van der Waals surface area contributed by atoms with Crippen molar-refractivity contribution in [2.45, 2.75) is 44.7 Å². The van der Waals surface area contributed by atoms with Crippen molar-refractivity contribution in [3.05, 3.63) is 25.3 Å². The monoisotopic (exact) mass is 299 g/mol. The number of methoxy groups -OCH3 is 1. The molecule has 0 bridgehead atoms. The maximum absolute atomic E-state index is 13.9. The van der Waals surface area contributed by atoms with Crippen LogP contribution < -0.4 is 0 Å². The lowest BCUT2D eigenvalue weighted by atomic mass is 10.1. The van der Waals surface area contributed by atoms with E-state index < -0.39 is 12.1 Å². The first-order valence-electron chi connectivity index (χ1n) is 7.28. The van der Waals surface area contributed by atoms with E-state index in [1.54, 1.807) is 12.2 Å². The van der Waals surface area contributed by atoms with Gasteiger partial charge in [-0.15, -0.1) is 13.2 Å². The van der Waals surface area contributed by atoms with Crippen molar-refractivity contribution in [1.29, 1.82) is 0 Å². The van der Waals surface area contributed by atoms with Gasteiger partial charge in [0, 0.05) is 19.5 Å². The second-order valence-electron chi connectivity index (χ2n) is 4.82. The number of amides is 1. The molecule has 0 N–H and O–H groups in total. The highest BCUT2D eigenvalue weighted by Crippen LogP contribution is 2.12.